The molecule has 1 fully saturated rings. The number of likely N-dealkylation sites (N-methyl/N-ethyl adjacent to an activating group) is 1. The minimum atomic E-state index is 0.347. The van der Waals surface area contributed by atoms with Gasteiger partial charge in [-0.1, -0.05) is 12.1 Å². The third kappa shape index (κ3) is 2.97. The van der Waals surface area contributed by atoms with Gasteiger partial charge in [0.2, 0.25) is 0 Å². The van der Waals surface area contributed by atoms with E-state index < -0.39 is 0 Å². The quantitative estimate of drug-likeness (QED) is 0.843. The fraction of sp³-hybridized carbons (Fsp3) is 0.467. The van der Waals surface area contributed by atoms with Crippen molar-refractivity contribution in [2.24, 2.45) is 5.73 Å². The van der Waals surface area contributed by atoms with Crippen LogP contribution in [0.4, 0.5) is 5.82 Å². The van der Waals surface area contributed by atoms with E-state index in [9.17, 15) is 0 Å². The number of nitrogens with zero attached hydrogens (tertiary/aromatic N) is 4. The van der Waals surface area contributed by atoms with E-state index in [4.69, 9.17) is 11.5 Å². The first-order valence-corrected chi connectivity index (χ1v) is 7.31. The molecular formula is C15H22N6. The zero-order valence-electron chi connectivity index (χ0n) is 12.4. The fourth-order valence-electron chi connectivity index (χ4n) is 2.88. The van der Waals surface area contributed by atoms with Crippen LogP contribution < -0.4 is 11.5 Å². The molecule has 1 aromatic carbocycles. The Labute approximate surface area is 124 Å². The molecule has 1 atom stereocenters. The third-order valence-corrected chi connectivity index (χ3v) is 4.10. The second kappa shape index (κ2) is 5.93. The highest BCUT2D eigenvalue weighted by Gasteiger charge is 2.24. The second-order valence-corrected chi connectivity index (χ2v) is 5.66. The lowest BCUT2D eigenvalue weighted by atomic mass is 10.1. The van der Waals surface area contributed by atoms with Gasteiger partial charge in [0, 0.05) is 37.6 Å². The normalized spacial score (nSPS) is 21.0. The molecule has 2 aromatic rings. The zero-order valence-corrected chi connectivity index (χ0v) is 12.4. The van der Waals surface area contributed by atoms with Crippen LogP contribution in [0, 0.1) is 0 Å². The molecule has 112 valence electrons. The molecule has 6 heteroatoms. The van der Waals surface area contributed by atoms with Crippen molar-refractivity contribution in [1.29, 1.82) is 0 Å². The maximum Gasteiger partial charge on any atom is 0.145 e. The SMILES string of the molecule is CN1CCN(Cc2nc(N)c3ccccc3n2)C(CN)C1. The number of hydrogen-bond acceptors (Lipinski definition) is 6. The number of piperazine rings is 1. The summed E-state index contributed by atoms with van der Waals surface area (Å²) in [6, 6.07) is 8.19. The summed E-state index contributed by atoms with van der Waals surface area (Å²) in [5.41, 5.74) is 12.8. The lowest BCUT2D eigenvalue weighted by Gasteiger charge is -2.39. The molecule has 1 aromatic heterocycles. The van der Waals surface area contributed by atoms with Gasteiger partial charge in [-0.25, -0.2) is 9.97 Å². The van der Waals surface area contributed by atoms with Crippen LogP contribution in [-0.2, 0) is 6.54 Å². The molecule has 0 aliphatic carbocycles. The van der Waals surface area contributed by atoms with Crippen molar-refractivity contribution < 1.29 is 0 Å². The number of nitrogen functional groups attached to an aromatic ring is 1. The Balaban J connectivity index is 1.84. The molecule has 4 N–H and O–H groups in total. The number of aromatic nitrogens is 2. The zero-order chi connectivity index (χ0) is 14.8. The second-order valence-electron chi connectivity index (χ2n) is 5.66. The molecule has 3 rings (SSSR count). The van der Waals surface area contributed by atoms with Gasteiger partial charge in [-0.05, 0) is 19.2 Å². The summed E-state index contributed by atoms with van der Waals surface area (Å²) in [6.45, 7) is 4.35. The molecule has 0 saturated carbocycles. The average Bonchev–Trinajstić information content (AvgIpc) is 2.49. The number of para-hydroxylation sites is 1. The molecule has 1 saturated heterocycles. The van der Waals surface area contributed by atoms with Gasteiger partial charge in [0.15, 0.2) is 0 Å². The topological polar surface area (TPSA) is 84.3 Å². The number of fused-ring (bicyclic) bond motifs is 1. The van der Waals surface area contributed by atoms with E-state index in [-0.39, 0.29) is 0 Å². The first-order chi connectivity index (χ1) is 10.2. The lowest BCUT2D eigenvalue weighted by Crippen LogP contribution is -2.54. The molecule has 0 amide bonds. The molecule has 1 unspecified atom stereocenters. The van der Waals surface area contributed by atoms with Gasteiger partial charge >= 0.3 is 0 Å². The van der Waals surface area contributed by atoms with Crippen molar-refractivity contribution in [3.63, 3.8) is 0 Å². The van der Waals surface area contributed by atoms with Crippen LogP contribution in [0.2, 0.25) is 0 Å². The maximum absolute atomic E-state index is 6.05. The van der Waals surface area contributed by atoms with E-state index >= 15 is 0 Å². The molecule has 0 radical (unpaired) electrons. The summed E-state index contributed by atoms with van der Waals surface area (Å²) in [5, 5.41) is 0.912. The highest BCUT2D eigenvalue weighted by Crippen LogP contribution is 2.18. The minimum absolute atomic E-state index is 0.347. The molecule has 21 heavy (non-hydrogen) atoms. The third-order valence-electron chi connectivity index (χ3n) is 4.10. The summed E-state index contributed by atoms with van der Waals surface area (Å²) in [4.78, 5) is 13.7. The minimum Gasteiger partial charge on any atom is -0.383 e. The van der Waals surface area contributed by atoms with Crippen molar-refractivity contribution in [3.8, 4) is 0 Å². The van der Waals surface area contributed by atoms with E-state index in [2.05, 4.69) is 26.8 Å². The van der Waals surface area contributed by atoms with Gasteiger partial charge < -0.3 is 16.4 Å². The maximum atomic E-state index is 6.05. The van der Waals surface area contributed by atoms with E-state index in [1.807, 2.05) is 24.3 Å². The van der Waals surface area contributed by atoms with Crippen LogP contribution in [0.3, 0.4) is 0 Å². The Kier molecular flexibility index (Phi) is 4.01. The van der Waals surface area contributed by atoms with Gasteiger partial charge in [-0.15, -0.1) is 0 Å². The first-order valence-electron chi connectivity index (χ1n) is 7.31. The Morgan fingerprint density at radius 2 is 2.05 bits per heavy atom. The summed E-state index contributed by atoms with van der Waals surface area (Å²) < 4.78 is 0. The average molecular weight is 286 g/mol. The summed E-state index contributed by atoms with van der Waals surface area (Å²) in [6.07, 6.45) is 0. The summed E-state index contributed by atoms with van der Waals surface area (Å²) >= 11 is 0. The fourth-order valence-corrected chi connectivity index (χ4v) is 2.88. The van der Waals surface area contributed by atoms with E-state index in [0.717, 1.165) is 36.4 Å². The van der Waals surface area contributed by atoms with Crippen molar-refractivity contribution in [2.45, 2.75) is 12.6 Å². The lowest BCUT2D eigenvalue weighted by molar-refractivity contribution is 0.0859. The highest BCUT2D eigenvalue weighted by atomic mass is 15.3. The number of nitrogens with two attached hydrogens (primary N) is 2. The number of benzene rings is 1. The predicted octanol–water partition coefficient (Wildman–Crippen LogP) is 0.287. The standard InChI is InChI=1S/C15H22N6/c1-20-6-7-21(11(8-16)9-20)10-14-18-13-5-3-2-4-12(13)15(17)19-14/h2-5,11H,6-10,16H2,1H3,(H2,17,18,19). The van der Waals surface area contributed by atoms with Gasteiger partial charge in [0.25, 0.3) is 0 Å². The molecular weight excluding hydrogens is 264 g/mol. The Morgan fingerprint density at radius 3 is 2.86 bits per heavy atom. The van der Waals surface area contributed by atoms with Crippen LogP contribution in [0.15, 0.2) is 24.3 Å². The van der Waals surface area contributed by atoms with Crippen molar-refractivity contribution in [1.82, 2.24) is 19.8 Å². The smallest absolute Gasteiger partial charge is 0.145 e. The molecule has 2 heterocycles. The summed E-state index contributed by atoms with van der Waals surface area (Å²) in [5.74, 6) is 1.32. The molecule has 0 bridgehead atoms. The van der Waals surface area contributed by atoms with Gasteiger partial charge in [0.1, 0.15) is 11.6 Å². The van der Waals surface area contributed by atoms with E-state index in [0.29, 0.717) is 24.9 Å². The monoisotopic (exact) mass is 286 g/mol. The van der Waals surface area contributed by atoms with Crippen molar-refractivity contribution >= 4 is 16.7 Å². The molecule has 1 aliphatic rings. The van der Waals surface area contributed by atoms with Gasteiger partial charge in [-0.2, -0.15) is 0 Å². The highest BCUT2D eigenvalue weighted by molar-refractivity contribution is 5.87. The predicted molar refractivity (Wildman–Crippen MR) is 84.7 cm³/mol. The van der Waals surface area contributed by atoms with Crippen molar-refractivity contribution in [2.75, 3.05) is 39.0 Å². The number of anilines is 1. The number of rotatable bonds is 3. The van der Waals surface area contributed by atoms with Crippen LogP contribution >= 0.6 is 0 Å². The first kappa shape index (κ1) is 14.2. The Morgan fingerprint density at radius 1 is 1.24 bits per heavy atom. The number of hydrogen-bond donors (Lipinski definition) is 2. The van der Waals surface area contributed by atoms with Gasteiger partial charge in [-0.3, -0.25) is 4.90 Å². The van der Waals surface area contributed by atoms with Crippen LogP contribution in [0.25, 0.3) is 10.9 Å². The van der Waals surface area contributed by atoms with Gasteiger partial charge in [0.05, 0.1) is 12.1 Å². The Bertz CT molecular complexity index is 629. The molecule has 6 nitrogen and oxygen atoms in total. The van der Waals surface area contributed by atoms with Crippen molar-refractivity contribution in [3.05, 3.63) is 30.1 Å². The molecule has 1 aliphatic heterocycles. The Hall–Kier alpha value is -1.76. The molecule has 0 spiro atoms. The summed E-state index contributed by atoms with van der Waals surface area (Å²) in [7, 11) is 2.13. The van der Waals surface area contributed by atoms with Crippen LogP contribution in [0.5, 0.6) is 0 Å². The van der Waals surface area contributed by atoms with Crippen LogP contribution in [-0.4, -0.2) is 59.0 Å². The van der Waals surface area contributed by atoms with Crippen LogP contribution in [0.1, 0.15) is 5.82 Å². The van der Waals surface area contributed by atoms with E-state index in [1.54, 1.807) is 0 Å². The van der Waals surface area contributed by atoms with E-state index in [1.165, 1.54) is 0 Å². The largest absolute Gasteiger partial charge is 0.383 e.